The monoisotopic (exact) mass is 390 g/mol. The van der Waals surface area contributed by atoms with E-state index in [0.29, 0.717) is 17.2 Å². The summed E-state index contributed by atoms with van der Waals surface area (Å²) in [7, 11) is 3.22. The lowest BCUT2D eigenvalue weighted by molar-refractivity contribution is 0.0731. The van der Waals surface area contributed by atoms with Gasteiger partial charge in [0.1, 0.15) is 28.6 Å². The van der Waals surface area contributed by atoms with Crippen LogP contribution in [0, 0.1) is 6.92 Å². The largest absolute Gasteiger partial charge is 0.507 e. The number of phenols is 1. The maximum atomic E-state index is 12.2. The number of rotatable bonds is 6. The summed E-state index contributed by atoms with van der Waals surface area (Å²) in [6.45, 7) is 1.84. The number of ether oxygens (including phenoxy) is 3. The van der Waals surface area contributed by atoms with Crippen molar-refractivity contribution in [3.05, 3.63) is 82.9 Å². The summed E-state index contributed by atoms with van der Waals surface area (Å²) in [5, 5.41) is 9.91. The summed E-state index contributed by atoms with van der Waals surface area (Å²) >= 11 is 0. The molecule has 3 aromatic rings. The molecule has 0 atom stereocenters. The summed E-state index contributed by atoms with van der Waals surface area (Å²) in [6.07, 6.45) is 3.88. The van der Waals surface area contributed by atoms with Crippen molar-refractivity contribution in [2.75, 3.05) is 14.2 Å². The van der Waals surface area contributed by atoms with E-state index < -0.39 is 5.97 Å². The standard InChI is InChI=1S/C24H22O5/c1-16-4-11-22(23(25)12-16)24(26)29-19-9-7-17(8-10-19)5-6-18-13-20(27-2)15-21(14-18)28-3/h4-15,25H,1-3H3/b6-5+. The summed E-state index contributed by atoms with van der Waals surface area (Å²) in [5.74, 6) is 1.13. The van der Waals surface area contributed by atoms with Crippen LogP contribution in [0.3, 0.4) is 0 Å². The molecule has 0 radical (unpaired) electrons. The van der Waals surface area contributed by atoms with Crippen molar-refractivity contribution in [1.82, 2.24) is 0 Å². The number of methoxy groups -OCH3 is 2. The molecule has 0 aliphatic heterocycles. The molecule has 5 nitrogen and oxygen atoms in total. The number of phenolic OH excluding ortho intramolecular Hbond substituents is 1. The van der Waals surface area contributed by atoms with Gasteiger partial charge in [-0.25, -0.2) is 4.79 Å². The van der Waals surface area contributed by atoms with E-state index >= 15 is 0 Å². The van der Waals surface area contributed by atoms with Gasteiger partial charge in [-0.05, 0) is 60.0 Å². The molecule has 0 amide bonds. The topological polar surface area (TPSA) is 65.0 Å². The molecule has 3 rings (SSSR count). The Hall–Kier alpha value is -3.73. The van der Waals surface area contributed by atoms with Crippen LogP contribution in [0.1, 0.15) is 27.0 Å². The summed E-state index contributed by atoms with van der Waals surface area (Å²) in [5.41, 5.74) is 2.87. The highest BCUT2D eigenvalue weighted by molar-refractivity contribution is 5.94. The Morgan fingerprint density at radius 3 is 2.00 bits per heavy atom. The van der Waals surface area contributed by atoms with Crippen LogP contribution in [0.15, 0.2) is 60.7 Å². The van der Waals surface area contributed by atoms with E-state index in [1.54, 1.807) is 38.5 Å². The van der Waals surface area contributed by atoms with Crippen molar-refractivity contribution in [2.45, 2.75) is 6.92 Å². The molecule has 0 fully saturated rings. The number of aryl methyl sites for hydroxylation is 1. The Kier molecular flexibility index (Phi) is 6.19. The molecule has 5 heteroatoms. The van der Waals surface area contributed by atoms with E-state index in [-0.39, 0.29) is 11.3 Å². The fraction of sp³-hybridized carbons (Fsp3) is 0.125. The van der Waals surface area contributed by atoms with Crippen LogP contribution in [-0.4, -0.2) is 25.3 Å². The molecule has 3 aromatic carbocycles. The van der Waals surface area contributed by atoms with Crippen molar-refractivity contribution in [3.8, 4) is 23.0 Å². The average Bonchev–Trinajstić information content (AvgIpc) is 2.72. The minimum Gasteiger partial charge on any atom is -0.507 e. The van der Waals surface area contributed by atoms with Gasteiger partial charge in [0, 0.05) is 6.07 Å². The van der Waals surface area contributed by atoms with Crippen molar-refractivity contribution < 1.29 is 24.1 Å². The van der Waals surface area contributed by atoms with Crippen LogP contribution in [0.2, 0.25) is 0 Å². The average molecular weight is 390 g/mol. The molecule has 0 saturated heterocycles. The molecule has 0 aliphatic rings. The first-order valence-corrected chi connectivity index (χ1v) is 9.01. The zero-order valence-corrected chi connectivity index (χ0v) is 16.5. The van der Waals surface area contributed by atoms with Gasteiger partial charge in [0.25, 0.3) is 0 Å². The third-order valence-corrected chi connectivity index (χ3v) is 4.31. The number of hydrogen-bond donors (Lipinski definition) is 1. The lowest BCUT2D eigenvalue weighted by Crippen LogP contribution is -2.08. The Balaban J connectivity index is 1.70. The molecular formula is C24H22O5. The molecular weight excluding hydrogens is 368 g/mol. The van der Waals surface area contributed by atoms with Crippen molar-refractivity contribution in [2.24, 2.45) is 0 Å². The molecule has 0 aliphatic carbocycles. The molecule has 0 spiro atoms. The van der Waals surface area contributed by atoms with Crippen LogP contribution in [0.25, 0.3) is 12.2 Å². The van der Waals surface area contributed by atoms with Gasteiger partial charge < -0.3 is 19.3 Å². The number of aromatic hydroxyl groups is 1. The minimum atomic E-state index is -0.603. The molecule has 0 bridgehead atoms. The lowest BCUT2D eigenvalue weighted by Gasteiger charge is -2.07. The van der Waals surface area contributed by atoms with Gasteiger partial charge in [-0.1, -0.05) is 30.4 Å². The second kappa shape index (κ2) is 8.97. The Morgan fingerprint density at radius 1 is 0.793 bits per heavy atom. The van der Waals surface area contributed by atoms with Gasteiger partial charge in [0.05, 0.1) is 14.2 Å². The fourth-order valence-electron chi connectivity index (χ4n) is 2.74. The van der Waals surface area contributed by atoms with Gasteiger partial charge in [-0.3, -0.25) is 0 Å². The predicted octanol–water partition coefficient (Wildman–Crippen LogP) is 5.11. The van der Waals surface area contributed by atoms with Crippen LogP contribution in [0.4, 0.5) is 0 Å². The number of carbonyl (C=O) groups is 1. The number of carbonyl (C=O) groups excluding carboxylic acids is 1. The van der Waals surface area contributed by atoms with Gasteiger partial charge in [-0.15, -0.1) is 0 Å². The van der Waals surface area contributed by atoms with Crippen LogP contribution in [-0.2, 0) is 0 Å². The van der Waals surface area contributed by atoms with Crippen LogP contribution >= 0.6 is 0 Å². The normalized spacial score (nSPS) is 10.7. The van der Waals surface area contributed by atoms with Crippen LogP contribution < -0.4 is 14.2 Å². The van der Waals surface area contributed by atoms with E-state index in [4.69, 9.17) is 14.2 Å². The van der Waals surface area contributed by atoms with Gasteiger partial charge in [0.15, 0.2) is 0 Å². The number of benzene rings is 3. The first kappa shape index (κ1) is 20.0. The fourth-order valence-corrected chi connectivity index (χ4v) is 2.74. The maximum absolute atomic E-state index is 12.2. The minimum absolute atomic E-state index is 0.0942. The maximum Gasteiger partial charge on any atom is 0.347 e. The van der Waals surface area contributed by atoms with Crippen molar-refractivity contribution in [3.63, 3.8) is 0 Å². The Morgan fingerprint density at radius 2 is 1.41 bits per heavy atom. The molecule has 29 heavy (non-hydrogen) atoms. The number of hydrogen-bond acceptors (Lipinski definition) is 5. The van der Waals surface area contributed by atoms with Gasteiger partial charge >= 0.3 is 5.97 Å². The number of esters is 1. The van der Waals surface area contributed by atoms with Crippen molar-refractivity contribution >= 4 is 18.1 Å². The zero-order valence-electron chi connectivity index (χ0n) is 16.5. The van der Waals surface area contributed by atoms with E-state index in [0.717, 1.165) is 16.7 Å². The first-order valence-electron chi connectivity index (χ1n) is 9.01. The molecule has 148 valence electrons. The summed E-state index contributed by atoms with van der Waals surface area (Å²) < 4.78 is 15.9. The molecule has 0 aromatic heterocycles. The molecule has 0 unspecified atom stereocenters. The quantitative estimate of drug-likeness (QED) is 0.360. The molecule has 1 N–H and O–H groups in total. The van der Waals surface area contributed by atoms with Crippen LogP contribution in [0.5, 0.6) is 23.0 Å². The highest BCUT2D eigenvalue weighted by atomic mass is 16.5. The Labute approximate surface area is 169 Å². The molecule has 0 heterocycles. The zero-order chi connectivity index (χ0) is 20.8. The summed E-state index contributed by atoms with van der Waals surface area (Å²) in [6, 6.07) is 17.5. The molecule has 0 saturated carbocycles. The smallest absolute Gasteiger partial charge is 0.347 e. The first-order chi connectivity index (χ1) is 14.0. The van der Waals surface area contributed by atoms with Gasteiger partial charge in [-0.2, -0.15) is 0 Å². The second-order valence-electron chi connectivity index (χ2n) is 6.46. The third-order valence-electron chi connectivity index (χ3n) is 4.31. The van der Waals surface area contributed by atoms with E-state index in [1.807, 2.05) is 49.4 Å². The van der Waals surface area contributed by atoms with E-state index in [1.165, 1.54) is 6.07 Å². The van der Waals surface area contributed by atoms with Gasteiger partial charge in [0.2, 0.25) is 0 Å². The highest BCUT2D eigenvalue weighted by Gasteiger charge is 2.13. The highest BCUT2D eigenvalue weighted by Crippen LogP contribution is 2.25. The van der Waals surface area contributed by atoms with E-state index in [9.17, 15) is 9.90 Å². The predicted molar refractivity (Wildman–Crippen MR) is 113 cm³/mol. The van der Waals surface area contributed by atoms with E-state index in [2.05, 4.69) is 0 Å². The Bertz CT molecular complexity index is 1010. The third kappa shape index (κ3) is 5.17. The second-order valence-corrected chi connectivity index (χ2v) is 6.46. The SMILES string of the molecule is COc1cc(/C=C/c2ccc(OC(=O)c3ccc(C)cc3O)cc2)cc(OC)c1. The summed E-state index contributed by atoms with van der Waals surface area (Å²) in [4.78, 5) is 12.2. The lowest BCUT2D eigenvalue weighted by atomic mass is 10.1. The van der Waals surface area contributed by atoms with Crippen molar-refractivity contribution in [1.29, 1.82) is 0 Å².